The number of aromatic nitrogens is 4. The van der Waals surface area contributed by atoms with Gasteiger partial charge in [0, 0.05) is 17.8 Å². The number of H-pyrrole nitrogens is 1. The third-order valence-electron chi connectivity index (χ3n) is 3.34. The molecule has 22 heavy (non-hydrogen) atoms. The van der Waals surface area contributed by atoms with Crippen LogP contribution in [0.15, 0.2) is 6.20 Å². The van der Waals surface area contributed by atoms with E-state index >= 15 is 0 Å². The van der Waals surface area contributed by atoms with E-state index in [1.54, 1.807) is 13.1 Å². The number of hydrogen-bond donors (Lipinski definition) is 2. The number of aryl methyl sites for hydroxylation is 1. The molecule has 2 rings (SSSR count). The number of nitro groups is 1. The lowest BCUT2D eigenvalue weighted by Crippen LogP contribution is -2.27. The summed E-state index contributed by atoms with van der Waals surface area (Å²) in [6.45, 7) is 6.39. The summed E-state index contributed by atoms with van der Waals surface area (Å²) in [5.74, 6) is -1.10. The molecule has 10 heteroatoms. The summed E-state index contributed by atoms with van der Waals surface area (Å²) in [5.41, 5.74) is 1.59. The average molecular weight is 327 g/mol. The van der Waals surface area contributed by atoms with Crippen LogP contribution in [0.3, 0.4) is 0 Å². The van der Waals surface area contributed by atoms with Crippen molar-refractivity contribution in [3.05, 3.63) is 38.3 Å². The standard InChI is InChI=1S/C12H15ClN6O3/c1-4-18-7(3)8(5-14-18)6(2)15-12(20)10-9(13)11(17-16-10)19(21)22/h5-6H,4H2,1-3H3,(H,15,20)(H,16,17). The topological polar surface area (TPSA) is 119 Å². The lowest BCUT2D eigenvalue weighted by molar-refractivity contribution is -0.389. The fourth-order valence-corrected chi connectivity index (χ4v) is 2.38. The number of nitrogens with one attached hydrogen (secondary N) is 2. The number of amides is 1. The molecular formula is C12H15ClN6O3. The molecule has 9 nitrogen and oxygen atoms in total. The van der Waals surface area contributed by atoms with Crippen molar-refractivity contribution in [2.45, 2.75) is 33.4 Å². The summed E-state index contributed by atoms with van der Waals surface area (Å²) in [5, 5.41) is 23.0. The number of carbonyl (C=O) groups is 1. The molecule has 0 saturated heterocycles. The first kappa shape index (κ1) is 16.0. The van der Waals surface area contributed by atoms with Crippen LogP contribution in [-0.2, 0) is 6.54 Å². The Kier molecular flexibility index (Phi) is 4.45. The van der Waals surface area contributed by atoms with E-state index in [1.165, 1.54) is 0 Å². The SMILES string of the molecule is CCn1ncc(C(C)NC(=O)c2n[nH]c([N+](=O)[O-])c2Cl)c1C. The number of rotatable bonds is 5. The van der Waals surface area contributed by atoms with E-state index in [9.17, 15) is 14.9 Å². The van der Waals surface area contributed by atoms with Gasteiger partial charge in [-0.15, -0.1) is 5.10 Å². The zero-order chi connectivity index (χ0) is 16.4. The fourth-order valence-electron chi connectivity index (χ4n) is 2.14. The first-order valence-electron chi connectivity index (χ1n) is 6.58. The monoisotopic (exact) mass is 326 g/mol. The number of halogens is 1. The quantitative estimate of drug-likeness (QED) is 0.643. The van der Waals surface area contributed by atoms with E-state index in [1.807, 2.05) is 18.5 Å². The van der Waals surface area contributed by atoms with Crippen LogP contribution in [0.1, 0.15) is 41.6 Å². The Morgan fingerprint density at radius 3 is 2.82 bits per heavy atom. The third kappa shape index (κ3) is 2.80. The van der Waals surface area contributed by atoms with E-state index in [0.717, 1.165) is 17.8 Å². The lowest BCUT2D eigenvalue weighted by Gasteiger charge is -2.12. The van der Waals surface area contributed by atoms with Gasteiger partial charge in [-0.3, -0.25) is 9.48 Å². The molecule has 0 aliphatic carbocycles. The van der Waals surface area contributed by atoms with Crippen molar-refractivity contribution < 1.29 is 9.72 Å². The summed E-state index contributed by atoms with van der Waals surface area (Å²) in [6, 6.07) is -0.334. The van der Waals surface area contributed by atoms with Gasteiger partial charge in [-0.05, 0) is 25.7 Å². The van der Waals surface area contributed by atoms with Crippen molar-refractivity contribution in [2.24, 2.45) is 0 Å². The molecule has 0 spiro atoms. The van der Waals surface area contributed by atoms with Crippen LogP contribution in [0, 0.1) is 17.0 Å². The van der Waals surface area contributed by atoms with Crippen molar-refractivity contribution in [3.8, 4) is 0 Å². The highest BCUT2D eigenvalue weighted by Gasteiger charge is 2.26. The molecule has 0 radical (unpaired) electrons. The first-order valence-corrected chi connectivity index (χ1v) is 6.96. The third-order valence-corrected chi connectivity index (χ3v) is 3.70. The van der Waals surface area contributed by atoms with Gasteiger partial charge < -0.3 is 15.4 Å². The molecule has 1 amide bonds. The van der Waals surface area contributed by atoms with Crippen LogP contribution < -0.4 is 5.32 Å². The number of nitrogens with zero attached hydrogens (tertiary/aromatic N) is 4. The minimum Gasteiger partial charge on any atom is -0.358 e. The molecule has 0 bridgehead atoms. The fraction of sp³-hybridized carbons (Fsp3) is 0.417. The Morgan fingerprint density at radius 1 is 1.64 bits per heavy atom. The number of carbonyl (C=O) groups excluding carboxylic acids is 1. The first-order chi connectivity index (χ1) is 10.4. The maximum Gasteiger partial charge on any atom is 0.362 e. The van der Waals surface area contributed by atoms with Crippen molar-refractivity contribution >= 4 is 23.3 Å². The van der Waals surface area contributed by atoms with Gasteiger partial charge in [-0.25, -0.2) is 0 Å². The van der Waals surface area contributed by atoms with E-state index in [4.69, 9.17) is 11.6 Å². The minimum atomic E-state index is -0.731. The predicted molar refractivity (Wildman–Crippen MR) is 78.8 cm³/mol. The molecular weight excluding hydrogens is 312 g/mol. The second-order valence-electron chi connectivity index (χ2n) is 4.69. The molecule has 0 aromatic carbocycles. The molecule has 0 aliphatic rings. The van der Waals surface area contributed by atoms with Crippen LogP contribution in [0.2, 0.25) is 5.02 Å². The van der Waals surface area contributed by atoms with E-state index < -0.39 is 16.6 Å². The Hall–Kier alpha value is -2.42. The van der Waals surface area contributed by atoms with Crippen molar-refractivity contribution in [3.63, 3.8) is 0 Å². The normalized spacial score (nSPS) is 12.2. The molecule has 2 aromatic rings. The maximum atomic E-state index is 12.1. The zero-order valence-corrected chi connectivity index (χ0v) is 13.0. The van der Waals surface area contributed by atoms with Crippen molar-refractivity contribution in [1.29, 1.82) is 0 Å². The smallest absolute Gasteiger partial charge is 0.358 e. The van der Waals surface area contributed by atoms with E-state index in [0.29, 0.717) is 0 Å². The van der Waals surface area contributed by atoms with Gasteiger partial charge in [0.1, 0.15) is 0 Å². The highest BCUT2D eigenvalue weighted by molar-refractivity contribution is 6.35. The number of hydrogen-bond acceptors (Lipinski definition) is 5. The summed E-state index contributed by atoms with van der Waals surface area (Å²) in [6.07, 6.45) is 1.68. The minimum absolute atomic E-state index is 0.208. The highest BCUT2D eigenvalue weighted by atomic mass is 35.5. The molecule has 2 heterocycles. The van der Waals surface area contributed by atoms with Crippen molar-refractivity contribution in [2.75, 3.05) is 0 Å². The highest BCUT2D eigenvalue weighted by Crippen LogP contribution is 2.25. The summed E-state index contributed by atoms with van der Waals surface area (Å²) >= 11 is 5.79. The van der Waals surface area contributed by atoms with Gasteiger partial charge in [0.25, 0.3) is 5.91 Å². The predicted octanol–water partition coefficient (Wildman–Crippen LogP) is 1.99. The Morgan fingerprint density at radius 2 is 2.32 bits per heavy atom. The molecule has 1 unspecified atom stereocenters. The maximum absolute atomic E-state index is 12.1. The molecule has 2 aromatic heterocycles. The summed E-state index contributed by atoms with van der Waals surface area (Å²) in [4.78, 5) is 22.1. The van der Waals surface area contributed by atoms with Crippen LogP contribution in [0.4, 0.5) is 5.82 Å². The van der Waals surface area contributed by atoms with Gasteiger partial charge in [0.05, 0.1) is 12.2 Å². The van der Waals surface area contributed by atoms with Crippen LogP contribution in [0.5, 0.6) is 0 Å². The summed E-state index contributed by atoms with van der Waals surface area (Å²) in [7, 11) is 0. The van der Waals surface area contributed by atoms with Gasteiger partial charge in [0.15, 0.2) is 10.7 Å². The average Bonchev–Trinajstić information content (AvgIpc) is 3.01. The van der Waals surface area contributed by atoms with E-state index in [-0.39, 0.29) is 16.8 Å². The van der Waals surface area contributed by atoms with Gasteiger partial charge in [0.2, 0.25) is 0 Å². The zero-order valence-electron chi connectivity index (χ0n) is 12.3. The van der Waals surface area contributed by atoms with Gasteiger partial charge >= 0.3 is 5.82 Å². The Balaban J connectivity index is 2.18. The van der Waals surface area contributed by atoms with Crippen LogP contribution >= 0.6 is 11.6 Å². The summed E-state index contributed by atoms with van der Waals surface area (Å²) < 4.78 is 1.81. The molecule has 0 fully saturated rings. The molecule has 1 atom stereocenters. The largest absolute Gasteiger partial charge is 0.362 e. The Bertz CT molecular complexity index is 723. The Labute approximate surface area is 130 Å². The van der Waals surface area contributed by atoms with E-state index in [2.05, 4.69) is 20.6 Å². The van der Waals surface area contributed by atoms with Crippen molar-refractivity contribution in [1.82, 2.24) is 25.3 Å². The van der Waals surface area contributed by atoms with Gasteiger partial charge in [-0.2, -0.15) is 5.10 Å². The molecule has 118 valence electrons. The number of aromatic amines is 1. The van der Waals surface area contributed by atoms with Gasteiger partial charge in [-0.1, -0.05) is 16.7 Å². The second kappa shape index (κ2) is 6.14. The molecule has 0 aliphatic heterocycles. The lowest BCUT2D eigenvalue weighted by atomic mass is 10.1. The van der Waals surface area contributed by atoms with Crippen LogP contribution in [0.25, 0.3) is 0 Å². The molecule has 0 saturated carbocycles. The molecule has 2 N–H and O–H groups in total. The van der Waals surface area contributed by atoms with Crippen LogP contribution in [-0.4, -0.2) is 30.8 Å². The second-order valence-corrected chi connectivity index (χ2v) is 5.07.